The lowest BCUT2D eigenvalue weighted by atomic mass is 9.84. The summed E-state index contributed by atoms with van der Waals surface area (Å²) in [5.74, 6) is -1.62. The normalized spacial score (nSPS) is 15.2. The lowest BCUT2D eigenvalue weighted by Crippen LogP contribution is -2.37. The third-order valence-corrected chi connectivity index (χ3v) is 2.68. The second kappa shape index (κ2) is 4.89. The Kier molecular flexibility index (Phi) is 3.99. The maximum absolute atomic E-state index is 13.1. The number of hydrogen-bond donors (Lipinski definition) is 1. The van der Waals surface area contributed by atoms with Gasteiger partial charge in [0.25, 0.3) is 0 Å². The molecular formula is C12H16F2O2. The van der Waals surface area contributed by atoms with E-state index in [9.17, 15) is 13.9 Å². The summed E-state index contributed by atoms with van der Waals surface area (Å²) in [7, 11) is 1.43. The lowest BCUT2D eigenvalue weighted by molar-refractivity contribution is -0.0703. The van der Waals surface area contributed by atoms with E-state index < -0.39 is 17.2 Å². The minimum Gasteiger partial charge on any atom is -0.382 e. The molecule has 1 rings (SSSR count). The van der Waals surface area contributed by atoms with Crippen LogP contribution in [-0.4, -0.2) is 18.8 Å². The Morgan fingerprint density at radius 3 is 2.12 bits per heavy atom. The summed E-state index contributed by atoms with van der Waals surface area (Å²) < 4.78 is 31.0. The van der Waals surface area contributed by atoms with Crippen LogP contribution < -0.4 is 0 Å². The predicted molar refractivity (Wildman–Crippen MR) is 57.0 cm³/mol. The van der Waals surface area contributed by atoms with Crippen molar-refractivity contribution >= 4 is 0 Å². The molecule has 1 atom stereocenters. The first-order valence-electron chi connectivity index (χ1n) is 5.08. The zero-order valence-electron chi connectivity index (χ0n) is 9.63. The van der Waals surface area contributed by atoms with Crippen LogP contribution in [0.15, 0.2) is 18.2 Å². The molecule has 0 spiro atoms. The van der Waals surface area contributed by atoms with E-state index in [1.54, 1.807) is 13.8 Å². The van der Waals surface area contributed by atoms with Gasteiger partial charge in [-0.25, -0.2) is 8.78 Å². The van der Waals surface area contributed by atoms with Gasteiger partial charge in [-0.05, 0) is 23.6 Å². The Balaban J connectivity index is 3.20. The van der Waals surface area contributed by atoms with Crippen molar-refractivity contribution in [2.45, 2.75) is 19.4 Å². The van der Waals surface area contributed by atoms with Crippen LogP contribution in [0.25, 0.3) is 0 Å². The van der Waals surface area contributed by atoms with Gasteiger partial charge in [-0.3, -0.25) is 0 Å². The van der Waals surface area contributed by atoms with Gasteiger partial charge in [-0.2, -0.15) is 0 Å². The summed E-state index contributed by atoms with van der Waals surface area (Å²) in [6, 6.07) is 3.03. The smallest absolute Gasteiger partial charge is 0.126 e. The Labute approximate surface area is 93.9 Å². The summed E-state index contributed by atoms with van der Waals surface area (Å²) in [6.45, 7) is 3.53. The first kappa shape index (κ1) is 13.1. The van der Waals surface area contributed by atoms with E-state index >= 15 is 0 Å². The van der Waals surface area contributed by atoms with Crippen molar-refractivity contribution in [3.05, 3.63) is 35.4 Å². The van der Waals surface area contributed by atoms with Crippen LogP contribution in [0.5, 0.6) is 0 Å². The van der Waals surface area contributed by atoms with Crippen LogP contribution in [0.3, 0.4) is 0 Å². The average Bonchev–Trinajstić information content (AvgIpc) is 2.16. The predicted octanol–water partition coefficient (Wildman–Crippen LogP) is 2.45. The molecule has 1 aromatic carbocycles. The number of methoxy groups -OCH3 is 1. The maximum Gasteiger partial charge on any atom is 0.126 e. The van der Waals surface area contributed by atoms with Crippen molar-refractivity contribution < 1.29 is 18.6 Å². The van der Waals surface area contributed by atoms with E-state index in [-0.39, 0.29) is 18.1 Å². The molecule has 16 heavy (non-hydrogen) atoms. The van der Waals surface area contributed by atoms with Crippen molar-refractivity contribution in [3.8, 4) is 0 Å². The molecule has 4 heteroatoms. The maximum atomic E-state index is 13.1. The van der Waals surface area contributed by atoms with Crippen LogP contribution in [0.2, 0.25) is 0 Å². The minimum absolute atomic E-state index is 0.00639. The first-order valence-corrected chi connectivity index (χ1v) is 5.08. The van der Waals surface area contributed by atoms with Gasteiger partial charge < -0.3 is 9.84 Å². The molecule has 0 bridgehead atoms. The average molecular weight is 230 g/mol. The molecule has 1 aromatic rings. The highest BCUT2D eigenvalue weighted by molar-refractivity contribution is 5.25. The number of rotatable bonds is 4. The molecular weight excluding hydrogens is 214 g/mol. The van der Waals surface area contributed by atoms with Crippen molar-refractivity contribution in [1.29, 1.82) is 0 Å². The number of halogens is 2. The van der Waals surface area contributed by atoms with Gasteiger partial charge in [0.2, 0.25) is 0 Å². The van der Waals surface area contributed by atoms with Crippen LogP contribution in [0.4, 0.5) is 8.78 Å². The minimum atomic E-state index is -1.38. The molecule has 0 fully saturated rings. The molecule has 0 heterocycles. The third kappa shape index (κ3) is 2.57. The molecule has 0 radical (unpaired) electrons. The van der Waals surface area contributed by atoms with Crippen molar-refractivity contribution in [1.82, 2.24) is 0 Å². The Morgan fingerprint density at radius 1 is 1.25 bits per heavy atom. The van der Waals surface area contributed by atoms with Gasteiger partial charge in [-0.15, -0.1) is 0 Å². The highest BCUT2D eigenvalue weighted by Gasteiger charge is 2.34. The van der Waals surface area contributed by atoms with E-state index in [1.165, 1.54) is 7.11 Å². The summed E-state index contributed by atoms with van der Waals surface area (Å²) in [5.41, 5.74) is -1.18. The lowest BCUT2D eigenvalue weighted by Gasteiger charge is -2.32. The zero-order chi connectivity index (χ0) is 12.3. The Hall–Kier alpha value is -1.00. The fourth-order valence-corrected chi connectivity index (χ4v) is 1.61. The number of aliphatic hydroxyl groups is 1. The van der Waals surface area contributed by atoms with E-state index in [1.807, 2.05) is 0 Å². The molecule has 1 unspecified atom stereocenters. The molecule has 0 saturated carbocycles. The molecule has 0 aliphatic carbocycles. The number of benzene rings is 1. The summed E-state index contributed by atoms with van der Waals surface area (Å²) in [4.78, 5) is 0. The molecule has 0 aliphatic rings. The van der Waals surface area contributed by atoms with E-state index in [0.717, 1.165) is 18.2 Å². The van der Waals surface area contributed by atoms with Gasteiger partial charge in [0.1, 0.15) is 17.2 Å². The van der Waals surface area contributed by atoms with Gasteiger partial charge >= 0.3 is 0 Å². The molecule has 90 valence electrons. The number of hydrogen-bond acceptors (Lipinski definition) is 2. The highest BCUT2D eigenvalue weighted by atomic mass is 19.1. The molecule has 0 amide bonds. The van der Waals surface area contributed by atoms with Crippen LogP contribution in [0.1, 0.15) is 19.4 Å². The van der Waals surface area contributed by atoms with Crippen LogP contribution in [0, 0.1) is 17.6 Å². The molecule has 0 saturated heterocycles. The highest BCUT2D eigenvalue weighted by Crippen LogP contribution is 2.30. The van der Waals surface area contributed by atoms with Gasteiger partial charge in [0.05, 0.1) is 6.61 Å². The van der Waals surface area contributed by atoms with Crippen molar-refractivity contribution in [2.75, 3.05) is 13.7 Å². The summed E-state index contributed by atoms with van der Waals surface area (Å²) in [6.07, 6.45) is 0. The second-order valence-electron chi connectivity index (χ2n) is 4.17. The molecule has 2 nitrogen and oxygen atoms in total. The monoisotopic (exact) mass is 230 g/mol. The van der Waals surface area contributed by atoms with Gasteiger partial charge in [-0.1, -0.05) is 13.8 Å². The first-order chi connectivity index (χ1) is 7.40. The SMILES string of the molecule is COCC(O)(c1cc(F)cc(F)c1)C(C)C. The van der Waals surface area contributed by atoms with Crippen molar-refractivity contribution in [3.63, 3.8) is 0 Å². The summed E-state index contributed by atoms with van der Waals surface area (Å²) >= 11 is 0. The fraction of sp³-hybridized carbons (Fsp3) is 0.500. The number of ether oxygens (including phenoxy) is 1. The molecule has 0 aromatic heterocycles. The largest absolute Gasteiger partial charge is 0.382 e. The van der Waals surface area contributed by atoms with E-state index in [4.69, 9.17) is 4.74 Å². The van der Waals surface area contributed by atoms with Crippen LogP contribution >= 0.6 is 0 Å². The fourth-order valence-electron chi connectivity index (χ4n) is 1.61. The van der Waals surface area contributed by atoms with Crippen LogP contribution in [-0.2, 0) is 10.3 Å². The second-order valence-corrected chi connectivity index (χ2v) is 4.17. The zero-order valence-corrected chi connectivity index (χ0v) is 9.63. The quantitative estimate of drug-likeness (QED) is 0.861. The Bertz CT molecular complexity index is 346. The Morgan fingerprint density at radius 2 is 1.75 bits per heavy atom. The van der Waals surface area contributed by atoms with E-state index in [2.05, 4.69) is 0 Å². The van der Waals surface area contributed by atoms with E-state index in [0.29, 0.717) is 0 Å². The topological polar surface area (TPSA) is 29.5 Å². The molecule has 1 N–H and O–H groups in total. The van der Waals surface area contributed by atoms with Crippen molar-refractivity contribution in [2.24, 2.45) is 5.92 Å². The summed E-state index contributed by atoms with van der Waals surface area (Å²) in [5, 5.41) is 10.4. The standard InChI is InChI=1S/C12H16F2O2/c1-8(2)12(15,7-16-3)9-4-10(13)6-11(14)5-9/h4-6,8,15H,7H2,1-3H3. The van der Waals surface area contributed by atoms with Gasteiger partial charge in [0, 0.05) is 13.2 Å². The van der Waals surface area contributed by atoms with Gasteiger partial charge in [0.15, 0.2) is 0 Å². The third-order valence-electron chi connectivity index (χ3n) is 2.68. The molecule has 0 aliphatic heterocycles.